The Hall–Kier alpha value is -2.05. The second-order valence-corrected chi connectivity index (χ2v) is 7.11. The average Bonchev–Trinajstić information content (AvgIpc) is 3.24. The van der Waals surface area contributed by atoms with Crippen LogP contribution in [0.2, 0.25) is 0 Å². The highest BCUT2D eigenvalue weighted by atomic mass is 16.5. The number of hydrogen-bond acceptors (Lipinski definition) is 3. The lowest BCUT2D eigenvalue weighted by molar-refractivity contribution is 0.0314. The van der Waals surface area contributed by atoms with Gasteiger partial charge in [-0.15, -0.1) is 0 Å². The number of nitrogens with zero attached hydrogens (tertiary/aromatic N) is 3. The fraction of sp³-hybridized carbons (Fsp3) is 0.526. The van der Waals surface area contributed by atoms with Crippen LogP contribution in [0.3, 0.4) is 0 Å². The van der Waals surface area contributed by atoms with Crippen molar-refractivity contribution in [2.24, 2.45) is 13.0 Å². The van der Waals surface area contributed by atoms with Crippen molar-refractivity contribution in [2.45, 2.75) is 6.42 Å². The molecule has 1 aromatic heterocycles. The molecule has 4 rings (SSSR count). The fourth-order valence-electron chi connectivity index (χ4n) is 3.97. The van der Waals surface area contributed by atoms with Crippen LogP contribution in [0.25, 0.3) is 10.9 Å². The zero-order chi connectivity index (χ0) is 17.2. The molecule has 6 heteroatoms. The first-order chi connectivity index (χ1) is 12.2. The first-order valence-corrected chi connectivity index (χ1v) is 9.11. The number of aromatic nitrogens is 1. The molecule has 2 fully saturated rings. The van der Waals surface area contributed by atoms with Crippen LogP contribution in [-0.4, -0.2) is 66.3 Å². The summed E-state index contributed by atoms with van der Waals surface area (Å²) in [6.45, 7) is 6.43. The van der Waals surface area contributed by atoms with Gasteiger partial charge in [-0.05, 0) is 24.5 Å². The van der Waals surface area contributed by atoms with E-state index in [2.05, 4.69) is 26.9 Å². The number of carbonyl (C=O) groups is 1. The summed E-state index contributed by atoms with van der Waals surface area (Å²) in [5.41, 5.74) is 1.95. The largest absolute Gasteiger partial charge is 0.379 e. The Morgan fingerprint density at radius 3 is 2.92 bits per heavy atom. The second kappa shape index (κ2) is 7.06. The van der Waals surface area contributed by atoms with Gasteiger partial charge in [0.15, 0.2) is 0 Å². The number of ether oxygens (including phenoxy) is 1. The van der Waals surface area contributed by atoms with Crippen LogP contribution >= 0.6 is 0 Å². The Balaban J connectivity index is 1.37. The Morgan fingerprint density at radius 1 is 1.24 bits per heavy atom. The molecule has 2 aromatic rings. The quantitative estimate of drug-likeness (QED) is 0.932. The summed E-state index contributed by atoms with van der Waals surface area (Å²) in [5.74, 6) is 0.565. The molecule has 1 N–H and O–H groups in total. The number of para-hydroxylation sites is 1. The highest BCUT2D eigenvalue weighted by Gasteiger charge is 2.28. The minimum absolute atomic E-state index is 0.0122. The average molecular weight is 342 g/mol. The van der Waals surface area contributed by atoms with Gasteiger partial charge in [0.2, 0.25) is 0 Å². The van der Waals surface area contributed by atoms with Crippen molar-refractivity contribution >= 4 is 22.6 Å². The second-order valence-electron chi connectivity index (χ2n) is 7.11. The molecule has 25 heavy (non-hydrogen) atoms. The number of hydrogen-bond donors (Lipinski definition) is 1. The SMILES string of the molecule is Cn1ccc2cccc(NC(=O)N3CCC(CN4CCOCC4)C3)c21. The van der Waals surface area contributed by atoms with E-state index in [1.54, 1.807) is 0 Å². The topological polar surface area (TPSA) is 49.7 Å². The van der Waals surface area contributed by atoms with Crippen LogP contribution in [0.5, 0.6) is 0 Å². The molecule has 3 heterocycles. The third-order valence-corrected chi connectivity index (χ3v) is 5.33. The van der Waals surface area contributed by atoms with Crippen LogP contribution in [0.15, 0.2) is 30.5 Å². The summed E-state index contributed by atoms with van der Waals surface area (Å²) in [6, 6.07) is 8.11. The molecule has 134 valence electrons. The van der Waals surface area contributed by atoms with Crippen LogP contribution in [0, 0.1) is 5.92 Å². The number of nitrogens with one attached hydrogen (secondary N) is 1. The molecule has 0 aliphatic carbocycles. The molecular formula is C19H26N4O2. The normalized spacial score (nSPS) is 21.8. The third-order valence-electron chi connectivity index (χ3n) is 5.33. The highest BCUT2D eigenvalue weighted by Crippen LogP contribution is 2.25. The van der Waals surface area contributed by atoms with Gasteiger partial charge in [-0.25, -0.2) is 4.79 Å². The zero-order valence-electron chi connectivity index (χ0n) is 14.8. The van der Waals surface area contributed by atoms with E-state index in [1.165, 1.54) is 0 Å². The van der Waals surface area contributed by atoms with Crippen LogP contribution in [0.1, 0.15) is 6.42 Å². The van der Waals surface area contributed by atoms with Crippen molar-refractivity contribution in [2.75, 3.05) is 51.3 Å². The van der Waals surface area contributed by atoms with E-state index >= 15 is 0 Å². The number of rotatable bonds is 3. The monoisotopic (exact) mass is 342 g/mol. The van der Waals surface area contributed by atoms with Gasteiger partial charge in [-0.1, -0.05) is 12.1 Å². The lowest BCUT2D eigenvalue weighted by Gasteiger charge is -2.29. The number of morpholine rings is 1. The lowest BCUT2D eigenvalue weighted by atomic mass is 10.1. The van der Waals surface area contributed by atoms with Crippen molar-refractivity contribution in [1.29, 1.82) is 0 Å². The van der Waals surface area contributed by atoms with E-state index in [0.717, 1.165) is 68.9 Å². The number of benzene rings is 1. The van der Waals surface area contributed by atoms with Crippen molar-refractivity contribution < 1.29 is 9.53 Å². The number of likely N-dealkylation sites (tertiary alicyclic amines) is 1. The van der Waals surface area contributed by atoms with E-state index in [9.17, 15) is 4.79 Å². The molecule has 1 aromatic carbocycles. The summed E-state index contributed by atoms with van der Waals surface area (Å²) >= 11 is 0. The minimum atomic E-state index is 0.0122. The van der Waals surface area contributed by atoms with Gasteiger partial charge >= 0.3 is 6.03 Å². The maximum absolute atomic E-state index is 12.7. The van der Waals surface area contributed by atoms with Crippen molar-refractivity contribution in [3.8, 4) is 0 Å². The Morgan fingerprint density at radius 2 is 2.08 bits per heavy atom. The number of fused-ring (bicyclic) bond motifs is 1. The standard InChI is InChI=1S/C19H26N4O2/c1-21-7-6-16-3-2-4-17(18(16)21)20-19(24)23-8-5-15(14-23)13-22-9-11-25-12-10-22/h2-4,6-7,15H,5,8-14H2,1H3,(H,20,24). The van der Waals surface area contributed by atoms with Gasteiger partial charge in [0.25, 0.3) is 0 Å². The maximum Gasteiger partial charge on any atom is 0.321 e. The molecule has 0 saturated carbocycles. The predicted molar refractivity (Wildman–Crippen MR) is 98.9 cm³/mol. The van der Waals surface area contributed by atoms with Gasteiger partial charge in [-0.3, -0.25) is 4.90 Å². The van der Waals surface area contributed by atoms with Crippen molar-refractivity contribution in [3.05, 3.63) is 30.5 Å². The molecule has 2 aliphatic heterocycles. The molecule has 0 spiro atoms. The predicted octanol–water partition coefficient (Wildman–Crippen LogP) is 2.36. The first kappa shape index (κ1) is 16.4. The molecule has 1 unspecified atom stereocenters. The summed E-state index contributed by atoms with van der Waals surface area (Å²) in [7, 11) is 2.01. The van der Waals surface area contributed by atoms with Gasteiger partial charge < -0.3 is 19.5 Å². The van der Waals surface area contributed by atoms with Crippen LogP contribution in [-0.2, 0) is 11.8 Å². The van der Waals surface area contributed by atoms with E-state index < -0.39 is 0 Å². The third kappa shape index (κ3) is 3.50. The summed E-state index contributed by atoms with van der Waals surface area (Å²) in [6.07, 6.45) is 3.10. The smallest absolute Gasteiger partial charge is 0.321 e. The molecule has 0 radical (unpaired) electrons. The maximum atomic E-state index is 12.7. The number of aryl methyl sites for hydroxylation is 1. The minimum Gasteiger partial charge on any atom is -0.379 e. The van der Waals surface area contributed by atoms with Crippen LogP contribution in [0.4, 0.5) is 10.5 Å². The van der Waals surface area contributed by atoms with Crippen molar-refractivity contribution in [1.82, 2.24) is 14.4 Å². The van der Waals surface area contributed by atoms with Crippen LogP contribution < -0.4 is 5.32 Å². The molecule has 0 bridgehead atoms. The molecular weight excluding hydrogens is 316 g/mol. The zero-order valence-corrected chi connectivity index (χ0v) is 14.8. The number of anilines is 1. The molecule has 6 nitrogen and oxygen atoms in total. The molecule has 2 amide bonds. The van der Waals surface area contributed by atoms with Gasteiger partial charge in [0.1, 0.15) is 0 Å². The van der Waals surface area contributed by atoms with E-state index in [4.69, 9.17) is 4.74 Å². The van der Waals surface area contributed by atoms with Gasteiger partial charge in [0.05, 0.1) is 24.4 Å². The Labute approximate surface area is 148 Å². The fourth-order valence-corrected chi connectivity index (χ4v) is 3.97. The summed E-state index contributed by atoms with van der Waals surface area (Å²) in [5, 5.41) is 4.26. The summed E-state index contributed by atoms with van der Waals surface area (Å²) in [4.78, 5) is 17.1. The van der Waals surface area contributed by atoms with Gasteiger partial charge in [-0.2, -0.15) is 0 Å². The van der Waals surface area contributed by atoms with E-state index in [0.29, 0.717) is 5.92 Å². The van der Waals surface area contributed by atoms with E-state index in [1.807, 2.05) is 30.3 Å². The molecule has 1 atom stereocenters. The van der Waals surface area contributed by atoms with Crippen molar-refractivity contribution in [3.63, 3.8) is 0 Å². The van der Waals surface area contributed by atoms with Gasteiger partial charge in [0, 0.05) is 51.4 Å². The number of carbonyl (C=O) groups excluding carboxylic acids is 1. The molecule has 2 aliphatic rings. The number of amides is 2. The summed E-state index contributed by atoms with van der Waals surface area (Å²) < 4.78 is 7.46. The molecule has 2 saturated heterocycles. The van der Waals surface area contributed by atoms with E-state index in [-0.39, 0.29) is 6.03 Å². The first-order valence-electron chi connectivity index (χ1n) is 9.11. The number of urea groups is 1. The Bertz CT molecular complexity index is 751. The lowest BCUT2D eigenvalue weighted by Crippen LogP contribution is -2.40. The Kier molecular flexibility index (Phi) is 4.63. The highest BCUT2D eigenvalue weighted by molar-refractivity contribution is 6.00.